The quantitative estimate of drug-likeness (QED) is 0.716. The second-order valence-electron chi connectivity index (χ2n) is 6.34. The van der Waals surface area contributed by atoms with Gasteiger partial charge in [-0.25, -0.2) is 8.42 Å². The van der Waals surface area contributed by atoms with E-state index in [1.165, 1.54) is 4.31 Å². The van der Waals surface area contributed by atoms with Gasteiger partial charge in [-0.2, -0.15) is 4.31 Å². The highest BCUT2D eigenvalue weighted by atomic mass is 32.2. The molecule has 0 saturated carbocycles. The van der Waals surface area contributed by atoms with Crippen LogP contribution in [0, 0.1) is 0 Å². The van der Waals surface area contributed by atoms with E-state index in [4.69, 9.17) is 10.5 Å². The number of H-pyrrole nitrogens is 1. The van der Waals surface area contributed by atoms with Crippen molar-refractivity contribution in [3.63, 3.8) is 0 Å². The fraction of sp³-hybridized carbons (Fsp3) is 0.211. The molecule has 0 spiro atoms. The van der Waals surface area contributed by atoms with E-state index >= 15 is 0 Å². The number of carbonyl (C=O) groups excluding carboxylic acids is 1. The van der Waals surface area contributed by atoms with Crippen molar-refractivity contribution in [2.75, 3.05) is 26.3 Å². The number of primary amides is 1. The molecule has 140 valence electrons. The van der Waals surface area contributed by atoms with Crippen molar-refractivity contribution in [2.24, 2.45) is 5.73 Å². The molecule has 1 aliphatic rings. The van der Waals surface area contributed by atoms with E-state index in [-0.39, 0.29) is 23.7 Å². The maximum atomic E-state index is 13.3. The number of ether oxygens (including phenoxy) is 1. The van der Waals surface area contributed by atoms with Crippen molar-refractivity contribution >= 4 is 26.8 Å². The Balaban J connectivity index is 1.94. The van der Waals surface area contributed by atoms with Gasteiger partial charge in [0, 0.05) is 24.0 Å². The Morgan fingerprint density at radius 2 is 1.74 bits per heavy atom. The first kappa shape index (κ1) is 17.7. The van der Waals surface area contributed by atoms with Crippen molar-refractivity contribution in [3.8, 4) is 11.1 Å². The zero-order valence-electron chi connectivity index (χ0n) is 14.5. The number of amides is 1. The molecule has 0 aliphatic carbocycles. The molecule has 1 fully saturated rings. The molecule has 0 radical (unpaired) electrons. The molecule has 7 nitrogen and oxygen atoms in total. The third-order valence-corrected chi connectivity index (χ3v) is 6.66. The standard InChI is InChI=1S/C19H19N3O4S/c20-19(23)17-18(27(24,25)22-8-10-26-11-9-22)15-12-14(6-7-16(15)21-17)13-4-2-1-3-5-13/h1-7,12,21H,8-11H2,(H2,20,23). The molecule has 0 bridgehead atoms. The van der Waals surface area contributed by atoms with Gasteiger partial charge in [0.1, 0.15) is 10.6 Å². The number of nitrogens with one attached hydrogen (secondary N) is 1. The molecule has 1 aromatic heterocycles. The van der Waals surface area contributed by atoms with E-state index in [0.717, 1.165) is 11.1 Å². The SMILES string of the molecule is NC(=O)c1[nH]c2ccc(-c3ccccc3)cc2c1S(=O)(=O)N1CCOCC1. The predicted molar refractivity (Wildman–Crippen MR) is 102 cm³/mol. The van der Waals surface area contributed by atoms with Crippen LogP contribution < -0.4 is 5.73 Å². The van der Waals surface area contributed by atoms with Crippen LogP contribution in [0.15, 0.2) is 53.4 Å². The number of sulfonamides is 1. The Morgan fingerprint density at radius 1 is 1.04 bits per heavy atom. The Kier molecular flexibility index (Phi) is 4.47. The fourth-order valence-corrected chi connectivity index (χ4v) is 5.08. The Bertz CT molecular complexity index is 1100. The van der Waals surface area contributed by atoms with Gasteiger partial charge in [0.2, 0.25) is 10.0 Å². The van der Waals surface area contributed by atoms with E-state index in [2.05, 4.69) is 4.98 Å². The zero-order valence-corrected chi connectivity index (χ0v) is 15.3. The highest BCUT2D eigenvalue weighted by Crippen LogP contribution is 2.33. The van der Waals surface area contributed by atoms with Gasteiger partial charge in [0.05, 0.1) is 13.2 Å². The van der Waals surface area contributed by atoms with Crippen LogP contribution in [0.5, 0.6) is 0 Å². The molecule has 3 N–H and O–H groups in total. The first-order valence-electron chi connectivity index (χ1n) is 8.57. The van der Waals surface area contributed by atoms with Crippen molar-refractivity contribution in [1.82, 2.24) is 9.29 Å². The average molecular weight is 385 g/mol. The molecular formula is C19H19N3O4S. The third-order valence-electron chi connectivity index (χ3n) is 4.67. The lowest BCUT2D eigenvalue weighted by Gasteiger charge is -2.26. The number of hydrogen-bond acceptors (Lipinski definition) is 4. The number of nitrogens with zero attached hydrogens (tertiary/aromatic N) is 1. The lowest BCUT2D eigenvalue weighted by molar-refractivity contribution is 0.0730. The van der Waals surface area contributed by atoms with Crippen LogP contribution in [-0.4, -0.2) is 49.9 Å². The summed E-state index contributed by atoms with van der Waals surface area (Å²) in [7, 11) is -3.90. The predicted octanol–water partition coefficient (Wildman–Crippen LogP) is 1.95. The first-order valence-corrected chi connectivity index (χ1v) is 10.0. The van der Waals surface area contributed by atoms with Gasteiger partial charge in [-0.05, 0) is 23.3 Å². The van der Waals surface area contributed by atoms with Crippen molar-refractivity contribution in [1.29, 1.82) is 0 Å². The summed E-state index contributed by atoms with van der Waals surface area (Å²) in [6.45, 7) is 1.13. The van der Waals surface area contributed by atoms with Crippen LogP contribution in [0.1, 0.15) is 10.5 Å². The summed E-state index contributed by atoms with van der Waals surface area (Å²) in [5, 5.41) is 0.455. The van der Waals surface area contributed by atoms with Gasteiger partial charge in [0.15, 0.2) is 0 Å². The smallest absolute Gasteiger partial charge is 0.266 e. The molecule has 1 amide bonds. The summed E-state index contributed by atoms with van der Waals surface area (Å²) in [4.78, 5) is 14.8. The summed E-state index contributed by atoms with van der Waals surface area (Å²) in [5.74, 6) is -0.806. The Hall–Kier alpha value is -2.68. The second kappa shape index (κ2) is 6.80. The lowest BCUT2D eigenvalue weighted by Crippen LogP contribution is -2.41. The summed E-state index contributed by atoms with van der Waals surface area (Å²) >= 11 is 0. The lowest BCUT2D eigenvalue weighted by atomic mass is 10.0. The van der Waals surface area contributed by atoms with Gasteiger partial charge in [-0.3, -0.25) is 4.79 Å². The minimum absolute atomic E-state index is 0.0651. The van der Waals surface area contributed by atoms with Crippen molar-refractivity contribution in [2.45, 2.75) is 4.90 Å². The summed E-state index contributed by atoms with van der Waals surface area (Å²) in [6.07, 6.45) is 0. The van der Waals surface area contributed by atoms with Crippen LogP contribution in [0.4, 0.5) is 0 Å². The molecule has 1 aliphatic heterocycles. The van der Waals surface area contributed by atoms with Crippen LogP contribution in [-0.2, 0) is 14.8 Å². The normalized spacial score (nSPS) is 15.9. The molecule has 2 aromatic carbocycles. The maximum Gasteiger partial charge on any atom is 0.266 e. The highest BCUT2D eigenvalue weighted by Gasteiger charge is 2.33. The molecule has 0 atom stereocenters. The minimum atomic E-state index is -3.90. The van der Waals surface area contributed by atoms with E-state index in [1.807, 2.05) is 36.4 Å². The molecule has 8 heteroatoms. The van der Waals surface area contributed by atoms with Crippen molar-refractivity contribution in [3.05, 3.63) is 54.2 Å². The average Bonchev–Trinajstić information content (AvgIpc) is 3.09. The number of hydrogen-bond donors (Lipinski definition) is 2. The van der Waals surface area contributed by atoms with E-state index in [0.29, 0.717) is 24.1 Å². The first-order chi connectivity index (χ1) is 13.0. The Morgan fingerprint density at radius 3 is 2.41 bits per heavy atom. The number of morpholine rings is 1. The van der Waals surface area contributed by atoms with Gasteiger partial charge >= 0.3 is 0 Å². The Labute approximate surface area is 156 Å². The topological polar surface area (TPSA) is 105 Å². The minimum Gasteiger partial charge on any atom is -0.379 e. The number of fused-ring (bicyclic) bond motifs is 1. The summed E-state index contributed by atoms with van der Waals surface area (Å²) < 4.78 is 33.1. The van der Waals surface area contributed by atoms with Crippen LogP contribution in [0.25, 0.3) is 22.0 Å². The van der Waals surface area contributed by atoms with Gasteiger partial charge < -0.3 is 15.5 Å². The van der Waals surface area contributed by atoms with Gasteiger partial charge in [-0.1, -0.05) is 36.4 Å². The highest BCUT2D eigenvalue weighted by molar-refractivity contribution is 7.89. The second-order valence-corrected chi connectivity index (χ2v) is 8.21. The zero-order chi connectivity index (χ0) is 19.0. The third kappa shape index (κ3) is 3.12. The number of carbonyl (C=O) groups is 1. The molecule has 3 aromatic rings. The molecular weight excluding hydrogens is 366 g/mol. The molecule has 0 unspecified atom stereocenters. The molecule has 4 rings (SSSR count). The van der Waals surface area contributed by atoms with E-state index in [9.17, 15) is 13.2 Å². The van der Waals surface area contributed by atoms with Crippen LogP contribution >= 0.6 is 0 Å². The number of rotatable bonds is 4. The van der Waals surface area contributed by atoms with Crippen LogP contribution in [0.2, 0.25) is 0 Å². The summed E-state index contributed by atoms with van der Waals surface area (Å²) in [5.41, 5.74) is 7.74. The van der Waals surface area contributed by atoms with E-state index in [1.54, 1.807) is 12.1 Å². The van der Waals surface area contributed by atoms with Gasteiger partial charge in [-0.15, -0.1) is 0 Å². The number of nitrogens with two attached hydrogens (primary N) is 1. The molecule has 27 heavy (non-hydrogen) atoms. The van der Waals surface area contributed by atoms with E-state index < -0.39 is 15.9 Å². The summed E-state index contributed by atoms with van der Waals surface area (Å²) in [6, 6.07) is 15.1. The fourth-order valence-electron chi connectivity index (χ4n) is 3.33. The number of aromatic amines is 1. The molecule has 2 heterocycles. The van der Waals surface area contributed by atoms with Gasteiger partial charge in [0.25, 0.3) is 5.91 Å². The monoisotopic (exact) mass is 385 g/mol. The van der Waals surface area contributed by atoms with Crippen LogP contribution in [0.3, 0.4) is 0 Å². The van der Waals surface area contributed by atoms with Crippen molar-refractivity contribution < 1.29 is 17.9 Å². The maximum absolute atomic E-state index is 13.3. The number of aromatic nitrogens is 1. The largest absolute Gasteiger partial charge is 0.379 e. The number of benzene rings is 2. The molecule has 1 saturated heterocycles.